The molecule has 0 heterocycles. The van der Waals surface area contributed by atoms with E-state index in [1.165, 1.54) is 44.9 Å². The van der Waals surface area contributed by atoms with Crippen molar-refractivity contribution in [2.45, 2.75) is 161 Å². The van der Waals surface area contributed by atoms with Crippen LogP contribution in [0.5, 0.6) is 0 Å². The van der Waals surface area contributed by atoms with E-state index in [4.69, 9.17) is 24.3 Å². The Balaban J connectivity index is 4.25. The highest BCUT2D eigenvalue weighted by Crippen LogP contribution is 2.43. The zero-order valence-corrected chi connectivity index (χ0v) is 33.0. The van der Waals surface area contributed by atoms with E-state index >= 15 is 0 Å². The fraction of sp³-hybridized carbons (Fsp3) is 0.707. The summed E-state index contributed by atoms with van der Waals surface area (Å²) in [7, 11) is -4.38. The van der Waals surface area contributed by atoms with E-state index in [2.05, 4.69) is 74.6 Å². The molecule has 2 atom stereocenters. The Labute approximate surface area is 310 Å². The van der Waals surface area contributed by atoms with Gasteiger partial charge >= 0.3 is 19.8 Å². The minimum atomic E-state index is -4.38. The number of ether oxygens (including phenoxy) is 2. The first kappa shape index (κ1) is 48.7. The minimum absolute atomic E-state index is 0.0445. The van der Waals surface area contributed by atoms with Crippen molar-refractivity contribution in [1.29, 1.82) is 0 Å². The van der Waals surface area contributed by atoms with Gasteiger partial charge in [-0.3, -0.25) is 18.6 Å². The largest absolute Gasteiger partial charge is 0.472 e. The van der Waals surface area contributed by atoms with Gasteiger partial charge in [0.15, 0.2) is 6.10 Å². The molecule has 0 aromatic heterocycles. The molecule has 0 aliphatic rings. The average molecular weight is 738 g/mol. The van der Waals surface area contributed by atoms with Crippen LogP contribution in [-0.2, 0) is 32.7 Å². The highest BCUT2D eigenvalue weighted by molar-refractivity contribution is 7.47. The third-order valence-corrected chi connectivity index (χ3v) is 8.87. The maximum absolute atomic E-state index is 12.5. The molecule has 3 N–H and O–H groups in total. The van der Waals surface area contributed by atoms with Crippen molar-refractivity contribution in [3.8, 4) is 0 Å². The molecule has 0 aliphatic carbocycles. The fourth-order valence-corrected chi connectivity index (χ4v) is 5.74. The van der Waals surface area contributed by atoms with Crippen LogP contribution < -0.4 is 5.73 Å². The normalized spacial score (nSPS) is 14.0. The standard InChI is InChI=1S/C41H72NO8P/c1-3-5-7-9-11-13-15-17-18-19-20-22-23-25-27-29-31-33-40(43)47-37-39(38-49-51(45,46)48-36-35-42)50-41(44)34-32-30-28-26-24-21-16-14-12-10-8-6-4-2/h6,8,11-14,17-18,21,24,39H,3-5,7,9-10,15-16,19-20,22-23,25-38,42H2,1-2H3,(H,45,46)/b8-6-,13-11-,14-12-,18-17-,24-21-. The number of rotatable bonds is 36. The molecule has 0 spiro atoms. The quantitative estimate of drug-likeness (QED) is 0.0279. The number of nitrogens with two attached hydrogens (primary N) is 1. The Morgan fingerprint density at radius 2 is 1.08 bits per heavy atom. The van der Waals surface area contributed by atoms with Gasteiger partial charge in [0.25, 0.3) is 0 Å². The number of carbonyl (C=O) groups excluding carboxylic acids is 2. The number of phosphoric ester groups is 1. The molecular weight excluding hydrogens is 665 g/mol. The number of allylic oxidation sites excluding steroid dienone is 10. The molecule has 9 nitrogen and oxygen atoms in total. The molecule has 294 valence electrons. The van der Waals surface area contributed by atoms with Gasteiger partial charge in [-0.2, -0.15) is 0 Å². The van der Waals surface area contributed by atoms with Crippen molar-refractivity contribution in [2.24, 2.45) is 5.73 Å². The first-order valence-electron chi connectivity index (χ1n) is 19.8. The number of esters is 2. The van der Waals surface area contributed by atoms with Crippen molar-refractivity contribution in [1.82, 2.24) is 0 Å². The van der Waals surface area contributed by atoms with Gasteiger partial charge in [-0.15, -0.1) is 0 Å². The van der Waals surface area contributed by atoms with Crippen LogP contribution >= 0.6 is 7.82 Å². The fourth-order valence-electron chi connectivity index (χ4n) is 4.97. The summed E-state index contributed by atoms with van der Waals surface area (Å²) in [6, 6.07) is 0. The van der Waals surface area contributed by atoms with E-state index in [-0.39, 0.29) is 32.6 Å². The smallest absolute Gasteiger partial charge is 0.462 e. The SMILES string of the molecule is CC/C=C\C/C=C\C/C=C\CCCCCC(=O)OC(COC(=O)CCCCCCCCC/C=C\C/C=C\CCCCC)COP(=O)(O)OCCN. The van der Waals surface area contributed by atoms with Gasteiger partial charge < -0.3 is 20.1 Å². The number of carbonyl (C=O) groups is 2. The molecule has 0 saturated heterocycles. The van der Waals surface area contributed by atoms with Crippen molar-refractivity contribution in [3.63, 3.8) is 0 Å². The molecule has 0 bridgehead atoms. The van der Waals surface area contributed by atoms with Crippen LogP contribution in [0.15, 0.2) is 60.8 Å². The Kier molecular flexibility index (Phi) is 35.8. The molecule has 0 radical (unpaired) electrons. The van der Waals surface area contributed by atoms with Crippen LogP contribution in [0, 0.1) is 0 Å². The Morgan fingerprint density at radius 1 is 0.608 bits per heavy atom. The molecule has 0 amide bonds. The monoisotopic (exact) mass is 737 g/mol. The summed E-state index contributed by atoms with van der Waals surface area (Å²) in [5.74, 6) is -0.878. The number of unbranched alkanes of at least 4 members (excludes halogenated alkanes) is 13. The van der Waals surface area contributed by atoms with E-state index in [1.54, 1.807) is 0 Å². The molecule has 0 fully saturated rings. The van der Waals surface area contributed by atoms with Crippen LogP contribution in [0.2, 0.25) is 0 Å². The lowest BCUT2D eigenvalue weighted by Gasteiger charge is -2.19. The van der Waals surface area contributed by atoms with Crippen molar-refractivity contribution in [3.05, 3.63) is 60.8 Å². The lowest BCUT2D eigenvalue weighted by molar-refractivity contribution is -0.161. The highest BCUT2D eigenvalue weighted by atomic mass is 31.2. The van der Waals surface area contributed by atoms with Gasteiger partial charge in [0.1, 0.15) is 6.61 Å². The first-order chi connectivity index (χ1) is 24.8. The van der Waals surface area contributed by atoms with E-state index in [1.807, 2.05) is 0 Å². The lowest BCUT2D eigenvalue weighted by atomic mass is 10.1. The van der Waals surface area contributed by atoms with Gasteiger partial charge in [0.05, 0.1) is 13.2 Å². The topological polar surface area (TPSA) is 134 Å². The van der Waals surface area contributed by atoms with Crippen LogP contribution in [0.25, 0.3) is 0 Å². The summed E-state index contributed by atoms with van der Waals surface area (Å²) in [5, 5.41) is 0. The number of hydrogen-bond acceptors (Lipinski definition) is 8. The van der Waals surface area contributed by atoms with Gasteiger partial charge in [0.2, 0.25) is 0 Å². The molecule has 0 saturated carbocycles. The highest BCUT2D eigenvalue weighted by Gasteiger charge is 2.25. The van der Waals surface area contributed by atoms with Crippen LogP contribution in [-0.4, -0.2) is 49.3 Å². The van der Waals surface area contributed by atoms with Gasteiger partial charge in [-0.05, 0) is 77.0 Å². The third kappa shape index (κ3) is 37.3. The first-order valence-corrected chi connectivity index (χ1v) is 21.3. The predicted molar refractivity (Wildman–Crippen MR) is 210 cm³/mol. The zero-order chi connectivity index (χ0) is 37.5. The van der Waals surface area contributed by atoms with Crippen molar-refractivity contribution >= 4 is 19.8 Å². The van der Waals surface area contributed by atoms with Gasteiger partial charge in [-0.25, -0.2) is 4.57 Å². The summed E-state index contributed by atoms with van der Waals surface area (Å²) < 4.78 is 32.6. The molecule has 0 aromatic carbocycles. The molecule has 0 aromatic rings. The molecule has 0 aliphatic heterocycles. The summed E-state index contributed by atoms with van der Waals surface area (Å²) >= 11 is 0. The molecule has 2 unspecified atom stereocenters. The van der Waals surface area contributed by atoms with E-state index < -0.39 is 32.5 Å². The molecule has 51 heavy (non-hydrogen) atoms. The van der Waals surface area contributed by atoms with Gasteiger partial charge in [0, 0.05) is 19.4 Å². The number of phosphoric acid groups is 1. The molecule has 0 rings (SSSR count). The van der Waals surface area contributed by atoms with E-state index in [9.17, 15) is 19.0 Å². The zero-order valence-electron chi connectivity index (χ0n) is 32.1. The Bertz CT molecular complexity index is 1020. The summed E-state index contributed by atoms with van der Waals surface area (Å²) in [6.07, 6.45) is 42.5. The van der Waals surface area contributed by atoms with Crippen molar-refractivity contribution in [2.75, 3.05) is 26.4 Å². The van der Waals surface area contributed by atoms with Crippen LogP contribution in [0.3, 0.4) is 0 Å². The van der Waals surface area contributed by atoms with Crippen LogP contribution in [0.1, 0.15) is 155 Å². The molecular formula is C41H72NO8P. The maximum atomic E-state index is 12.5. The average Bonchev–Trinajstić information content (AvgIpc) is 3.11. The predicted octanol–water partition coefficient (Wildman–Crippen LogP) is 10.9. The summed E-state index contributed by atoms with van der Waals surface area (Å²) in [5.41, 5.74) is 5.33. The van der Waals surface area contributed by atoms with Crippen LogP contribution in [0.4, 0.5) is 0 Å². The van der Waals surface area contributed by atoms with E-state index in [0.717, 1.165) is 77.0 Å². The Hall–Kier alpha value is -2.29. The maximum Gasteiger partial charge on any atom is 0.472 e. The van der Waals surface area contributed by atoms with Gasteiger partial charge in [-0.1, -0.05) is 126 Å². The van der Waals surface area contributed by atoms with Crippen molar-refractivity contribution < 1.29 is 37.6 Å². The second-order valence-corrected chi connectivity index (χ2v) is 14.2. The summed E-state index contributed by atoms with van der Waals surface area (Å²) in [4.78, 5) is 34.7. The minimum Gasteiger partial charge on any atom is -0.462 e. The second-order valence-electron chi connectivity index (χ2n) is 12.8. The third-order valence-electron chi connectivity index (χ3n) is 7.89. The Morgan fingerprint density at radius 3 is 1.63 bits per heavy atom. The number of hydrogen-bond donors (Lipinski definition) is 2. The summed E-state index contributed by atoms with van der Waals surface area (Å²) in [6.45, 7) is 3.52. The lowest BCUT2D eigenvalue weighted by Crippen LogP contribution is -2.29. The van der Waals surface area contributed by atoms with E-state index in [0.29, 0.717) is 6.42 Å². The second kappa shape index (κ2) is 37.5. The molecule has 10 heteroatoms.